The van der Waals surface area contributed by atoms with Crippen molar-refractivity contribution in [1.82, 2.24) is 19.8 Å². The Balaban J connectivity index is 1.51. The van der Waals surface area contributed by atoms with Crippen LogP contribution in [0, 0.1) is 0 Å². The lowest BCUT2D eigenvalue weighted by molar-refractivity contribution is -0.121. The molecule has 2 aliphatic rings. The molecular formula is C20H30N4O4S. The molecule has 2 N–H and O–H groups in total. The minimum atomic E-state index is -3.56. The third-order valence-electron chi connectivity index (χ3n) is 5.22. The van der Waals surface area contributed by atoms with Crippen molar-refractivity contribution < 1.29 is 18.0 Å². The first-order chi connectivity index (χ1) is 13.6. The molecule has 1 aromatic rings. The van der Waals surface area contributed by atoms with Gasteiger partial charge in [-0.15, -0.1) is 0 Å². The Hall–Kier alpha value is -1.97. The second kappa shape index (κ2) is 8.41. The van der Waals surface area contributed by atoms with Gasteiger partial charge in [-0.1, -0.05) is 32.9 Å². The van der Waals surface area contributed by atoms with Crippen LogP contribution in [0.2, 0.25) is 0 Å². The highest BCUT2D eigenvalue weighted by atomic mass is 32.2. The minimum absolute atomic E-state index is 0.0376. The lowest BCUT2D eigenvalue weighted by atomic mass is 9.87. The molecule has 2 fully saturated rings. The van der Waals surface area contributed by atoms with Gasteiger partial charge in [0, 0.05) is 32.2 Å². The summed E-state index contributed by atoms with van der Waals surface area (Å²) < 4.78 is 27.3. The smallest absolute Gasteiger partial charge is 0.321 e. The van der Waals surface area contributed by atoms with Gasteiger partial charge in [0.2, 0.25) is 15.9 Å². The Morgan fingerprint density at radius 2 is 1.62 bits per heavy atom. The monoisotopic (exact) mass is 422 g/mol. The van der Waals surface area contributed by atoms with Crippen molar-refractivity contribution in [1.29, 1.82) is 0 Å². The van der Waals surface area contributed by atoms with Crippen LogP contribution in [-0.2, 0) is 20.2 Å². The van der Waals surface area contributed by atoms with Gasteiger partial charge in [0.05, 0.1) is 11.4 Å². The molecule has 1 saturated carbocycles. The maximum atomic E-state index is 12.9. The number of amides is 3. The fourth-order valence-corrected chi connectivity index (χ4v) is 4.64. The molecule has 9 heteroatoms. The van der Waals surface area contributed by atoms with Crippen LogP contribution in [0.3, 0.4) is 0 Å². The summed E-state index contributed by atoms with van der Waals surface area (Å²) >= 11 is 0. The summed E-state index contributed by atoms with van der Waals surface area (Å²) in [6, 6.07) is 6.77. The second-order valence-electron chi connectivity index (χ2n) is 8.75. The third-order valence-corrected chi connectivity index (χ3v) is 7.13. The number of nitrogens with one attached hydrogen (secondary N) is 2. The fourth-order valence-electron chi connectivity index (χ4n) is 3.22. The number of hydrogen-bond donors (Lipinski definition) is 2. The highest BCUT2D eigenvalue weighted by Gasteiger charge is 2.30. The number of hydrogen-bond acceptors (Lipinski definition) is 5. The van der Waals surface area contributed by atoms with Crippen molar-refractivity contribution in [3.63, 3.8) is 0 Å². The van der Waals surface area contributed by atoms with E-state index in [9.17, 15) is 18.0 Å². The maximum Gasteiger partial charge on any atom is 0.321 e. The molecule has 0 radical (unpaired) electrons. The largest absolute Gasteiger partial charge is 0.335 e. The van der Waals surface area contributed by atoms with Crippen molar-refractivity contribution in [2.45, 2.75) is 50.0 Å². The Morgan fingerprint density at radius 1 is 1.03 bits per heavy atom. The predicted molar refractivity (Wildman–Crippen MR) is 110 cm³/mol. The van der Waals surface area contributed by atoms with E-state index in [-0.39, 0.29) is 28.8 Å². The lowest BCUT2D eigenvalue weighted by Crippen LogP contribution is -2.52. The van der Waals surface area contributed by atoms with E-state index in [1.165, 1.54) is 4.31 Å². The SMILES string of the molecule is CC(C)(C)c1ccc(S(=O)(=O)N2CCN(CC(=O)NC(=O)NC3CC3)CC2)cc1. The summed E-state index contributed by atoms with van der Waals surface area (Å²) in [7, 11) is -3.56. The molecule has 1 saturated heterocycles. The van der Waals surface area contributed by atoms with Gasteiger partial charge in [0.25, 0.3) is 0 Å². The molecule has 1 aliphatic carbocycles. The van der Waals surface area contributed by atoms with Gasteiger partial charge in [-0.3, -0.25) is 15.0 Å². The maximum absolute atomic E-state index is 12.9. The third kappa shape index (κ3) is 5.77. The molecule has 0 atom stereocenters. The van der Waals surface area contributed by atoms with E-state index in [1.807, 2.05) is 17.0 Å². The summed E-state index contributed by atoms with van der Waals surface area (Å²) in [5, 5.41) is 5.02. The number of carbonyl (C=O) groups is 2. The lowest BCUT2D eigenvalue weighted by Gasteiger charge is -2.33. The van der Waals surface area contributed by atoms with Crippen molar-refractivity contribution in [3.05, 3.63) is 29.8 Å². The number of benzene rings is 1. The number of sulfonamides is 1. The zero-order valence-corrected chi connectivity index (χ0v) is 18.1. The second-order valence-corrected chi connectivity index (χ2v) is 10.7. The topological polar surface area (TPSA) is 98.8 Å². The van der Waals surface area contributed by atoms with Crippen LogP contribution in [0.1, 0.15) is 39.2 Å². The Morgan fingerprint density at radius 3 is 2.14 bits per heavy atom. The molecule has 29 heavy (non-hydrogen) atoms. The van der Waals surface area contributed by atoms with E-state index in [0.29, 0.717) is 26.2 Å². The van der Waals surface area contributed by atoms with Crippen molar-refractivity contribution in [2.75, 3.05) is 32.7 Å². The zero-order chi connectivity index (χ0) is 21.2. The molecular weight excluding hydrogens is 392 g/mol. The molecule has 160 valence electrons. The Bertz CT molecular complexity index is 849. The van der Waals surface area contributed by atoms with E-state index in [2.05, 4.69) is 31.4 Å². The molecule has 0 unspecified atom stereocenters. The quantitative estimate of drug-likeness (QED) is 0.745. The van der Waals surface area contributed by atoms with E-state index in [0.717, 1.165) is 18.4 Å². The Kier molecular flexibility index (Phi) is 6.30. The van der Waals surface area contributed by atoms with E-state index in [1.54, 1.807) is 12.1 Å². The van der Waals surface area contributed by atoms with Crippen LogP contribution >= 0.6 is 0 Å². The van der Waals surface area contributed by atoms with Gasteiger partial charge < -0.3 is 5.32 Å². The number of nitrogens with zero attached hydrogens (tertiary/aromatic N) is 2. The van der Waals surface area contributed by atoms with Crippen molar-refractivity contribution >= 4 is 22.0 Å². The van der Waals surface area contributed by atoms with Crippen LogP contribution < -0.4 is 10.6 Å². The highest BCUT2D eigenvalue weighted by molar-refractivity contribution is 7.89. The summed E-state index contributed by atoms with van der Waals surface area (Å²) in [6.07, 6.45) is 1.91. The number of carbonyl (C=O) groups excluding carboxylic acids is 2. The van der Waals surface area contributed by atoms with Crippen molar-refractivity contribution in [3.8, 4) is 0 Å². The van der Waals surface area contributed by atoms with Gasteiger partial charge in [0.1, 0.15) is 0 Å². The summed E-state index contributed by atoms with van der Waals surface area (Å²) in [5.74, 6) is -0.378. The van der Waals surface area contributed by atoms with Crippen LogP contribution in [0.25, 0.3) is 0 Å². The first-order valence-corrected chi connectivity index (χ1v) is 11.4. The number of piperazine rings is 1. The Labute approximate surface area is 172 Å². The molecule has 0 bridgehead atoms. The van der Waals surface area contributed by atoms with Gasteiger partial charge in [0.15, 0.2) is 0 Å². The van der Waals surface area contributed by atoms with Gasteiger partial charge in [-0.05, 0) is 36.0 Å². The van der Waals surface area contributed by atoms with Crippen LogP contribution in [0.15, 0.2) is 29.2 Å². The normalized spacial score (nSPS) is 19.0. The van der Waals surface area contributed by atoms with Gasteiger partial charge >= 0.3 is 6.03 Å². The van der Waals surface area contributed by atoms with Crippen molar-refractivity contribution in [2.24, 2.45) is 0 Å². The average molecular weight is 423 g/mol. The van der Waals surface area contributed by atoms with E-state index >= 15 is 0 Å². The first-order valence-electron chi connectivity index (χ1n) is 9.99. The molecule has 8 nitrogen and oxygen atoms in total. The van der Waals surface area contributed by atoms with E-state index < -0.39 is 16.1 Å². The average Bonchev–Trinajstić information content (AvgIpc) is 3.45. The molecule has 3 amide bonds. The standard InChI is InChI=1S/C20H30N4O4S/c1-20(2,3)15-4-8-17(9-5-15)29(27,28)24-12-10-23(11-13-24)14-18(25)22-19(26)21-16-6-7-16/h4-5,8-9,16H,6-7,10-14H2,1-3H3,(H2,21,22,25,26). The summed E-state index contributed by atoms with van der Waals surface area (Å²) in [4.78, 5) is 25.8. The number of rotatable bonds is 5. The molecule has 0 spiro atoms. The van der Waals surface area contributed by atoms with Crippen LogP contribution in [0.5, 0.6) is 0 Å². The minimum Gasteiger partial charge on any atom is -0.335 e. The molecule has 0 aromatic heterocycles. The van der Waals surface area contributed by atoms with Gasteiger partial charge in [-0.25, -0.2) is 13.2 Å². The number of imide groups is 1. The number of urea groups is 1. The summed E-state index contributed by atoms with van der Waals surface area (Å²) in [5.41, 5.74) is 1.04. The van der Waals surface area contributed by atoms with Gasteiger partial charge in [-0.2, -0.15) is 4.31 Å². The molecule has 1 aliphatic heterocycles. The van der Waals surface area contributed by atoms with Crippen LogP contribution in [0.4, 0.5) is 4.79 Å². The predicted octanol–water partition coefficient (Wildman–Crippen LogP) is 1.28. The van der Waals surface area contributed by atoms with E-state index in [4.69, 9.17) is 0 Å². The van der Waals surface area contributed by atoms with Crippen LogP contribution in [-0.4, -0.2) is 68.3 Å². The fraction of sp³-hybridized carbons (Fsp3) is 0.600. The summed E-state index contributed by atoms with van der Waals surface area (Å²) in [6.45, 7) is 7.83. The molecule has 1 aromatic carbocycles. The molecule has 1 heterocycles. The molecule has 3 rings (SSSR count). The first kappa shape index (κ1) is 21.7. The zero-order valence-electron chi connectivity index (χ0n) is 17.3. The highest BCUT2D eigenvalue weighted by Crippen LogP contribution is 2.25.